The third-order valence-corrected chi connectivity index (χ3v) is 4.96. The largest absolute Gasteiger partial charge is 0.474 e. The first-order valence-corrected chi connectivity index (χ1v) is 9.89. The van der Waals surface area contributed by atoms with Crippen LogP contribution < -0.4 is 15.5 Å². The van der Waals surface area contributed by atoms with Gasteiger partial charge in [-0.3, -0.25) is 9.59 Å². The van der Waals surface area contributed by atoms with Gasteiger partial charge >= 0.3 is 0 Å². The van der Waals surface area contributed by atoms with Crippen LogP contribution >= 0.6 is 0 Å². The normalized spacial score (nSPS) is 12.0. The molecule has 4 aromatic rings. The molecule has 0 aliphatic carbocycles. The molecule has 4 rings (SSSR count). The maximum Gasteiger partial charge on any atom is 0.265 e. The Morgan fingerprint density at radius 3 is 2.09 bits per heavy atom. The third-order valence-electron chi connectivity index (χ3n) is 4.96. The first-order valence-electron chi connectivity index (χ1n) is 9.89. The van der Waals surface area contributed by atoms with Gasteiger partial charge in [0.05, 0.1) is 5.39 Å². The molecule has 1 atom stereocenters. The van der Waals surface area contributed by atoms with Crippen LogP contribution in [0.3, 0.4) is 0 Å². The highest BCUT2D eigenvalue weighted by Gasteiger charge is 2.29. The van der Waals surface area contributed by atoms with Crippen LogP contribution in [0, 0.1) is 34.9 Å². The van der Waals surface area contributed by atoms with E-state index in [-0.39, 0.29) is 22.4 Å². The number of rotatable bonds is 5. The smallest absolute Gasteiger partial charge is 0.265 e. The highest BCUT2D eigenvalue weighted by atomic mass is 19.2. The fraction of sp³-hybridized carbons (Fsp3) is 0.0833. The predicted molar refractivity (Wildman–Crippen MR) is 113 cm³/mol. The summed E-state index contributed by atoms with van der Waals surface area (Å²) >= 11 is 0. The van der Waals surface area contributed by atoms with E-state index in [9.17, 15) is 35.9 Å². The van der Waals surface area contributed by atoms with Crippen LogP contribution in [0.2, 0.25) is 0 Å². The van der Waals surface area contributed by atoms with Gasteiger partial charge in [-0.15, -0.1) is 0 Å². The molecular formula is C24H13F6NO4. The van der Waals surface area contributed by atoms with Crippen molar-refractivity contribution in [2.45, 2.75) is 13.0 Å². The summed E-state index contributed by atoms with van der Waals surface area (Å²) in [6, 6.07) is 10.4. The van der Waals surface area contributed by atoms with Crippen LogP contribution in [0.25, 0.3) is 22.3 Å². The minimum absolute atomic E-state index is 0.0668. The third kappa shape index (κ3) is 4.57. The zero-order chi connectivity index (χ0) is 25.4. The highest BCUT2D eigenvalue weighted by molar-refractivity contribution is 5.96. The Balaban J connectivity index is 1.56. The molecule has 0 saturated carbocycles. The maximum absolute atomic E-state index is 13.8. The molecular weight excluding hydrogens is 480 g/mol. The van der Waals surface area contributed by atoms with Crippen molar-refractivity contribution in [2.24, 2.45) is 0 Å². The second-order valence-corrected chi connectivity index (χ2v) is 7.34. The molecule has 0 aliphatic heterocycles. The fourth-order valence-corrected chi connectivity index (χ4v) is 3.15. The zero-order valence-electron chi connectivity index (χ0n) is 17.6. The van der Waals surface area contributed by atoms with Gasteiger partial charge in [0.2, 0.25) is 29.1 Å². The van der Waals surface area contributed by atoms with Gasteiger partial charge in [0.15, 0.2) is 17.3 Å². The van der Waals surface area contributed by atoms with Crippen molar-refractivity contribution in [1.29, 1.82) is 0 Å². The number of benzene rings is 3. The maximum atomic E-state index is 13.8. The van der Waals surface area contributed by atoms with Crippen LogP contribution in [0.15, 0.2) is 57.7 Å². The van der Waals surface area contributed by atoms with E-state index in [1.54, 1.807) is 0 Å². The van der Waals surface area contributed by atoms with Gasteiger partial charge in [0.25, 0.3) is 5.91 Å². The van der Waals surface area contributed by atoms with Crippen molar-refractivity contribution in [3.8, 4) is 17.1 Å². The lowest BCUT2D eigenvalue weighted by molar-refractivity contribution is -0.122. The number of hydrogen-bond acceptors (Lipinski definition) is 4. The summed E-state index contributed by atoms with van der Waals surface area (Å²) in [6.07, 6.45) is -1.68. The van der Waals surface area contributed by atoms with Crippen LogP contribution in [0.5, 0.6) is 5.75 Å². The summed E-state index contributed by atoms with van der Waals surface area (Å²) in [4.78, 5) is 25.0. The van der Waals surface area contributed by atoms with Crippen LogP contribution in [0.4, 0.5) is 32.0 Å². The molecule has 1 unspecified atom stereocenters. The van der Waals surface area contributed by atoms with Crippen molar-refractivity contribution >= 4 is 22.6 Å². The van der Waals surface area contributed by atoms with Gasteiger partial charge < -0.3 is 14.5 Å². The van der Waals surface area contributed by atoms with Crippen molar-refractivity contribution in [1.82, 2.24) is 0 Å². The molecule has 1 N–H and O–H groups in total. The summed E-state index contributed by atoms with van der Waals surface area (Å²) in [5.41, 5.74) is 0.201. The summed E-state index contributed by atoms with van der Waals surface area (Å²) in [6.45, 7) is 1.03. The first kappa shape index (κ1) is 23.9. The topological polar surface area (TPSA) is 68.5 Å². The SMILES string of the molecule is CC(Oc1c(F)c(F)c(F)c(F)c1F)C(=O)Nc1ccc2oc(-c3ccc(F)cc3)cc(=O)c2c1. The van der Waals surface area contributed by atoms with E-state index in [1.807, 2.05) is 0 Å². The van der Waals surface area contributed by atoms with Crippen molar-refractivity contribution < 1.29 is 40.3 Å². The van der Waals surface area contributed by atoms with Gasteiger partial charge in [0.1, 0.15) is 17.2 Å². The van der Waals surface area contributed by atoms with E-state index in [4.69, 9.17) is 9.15 Å². The number of amides is 1. The van der Waals surface area contributed by atoms with Crippen LogP contribution in [-0.4, -0.2) is 12.0 Å². The first-order chi connectivity index (χ1) is 16.6. The summed E-state index contributed by atoms with van der Waals surface area (Å²) in [7, 11) is 0. The molecule has 35 heavy (non-hydrogen) atoms. The molecule has 11 heteroatoms. The quantitative estimate of drug-likeness (QED) is 0.220. The molecule has 1 amide bonds. The van der Waals surface area contributed by atoms with Gasteiger partial charge in [-0.25, -0.2) is 17.6 Å². The van der Waals surface area contributed by atoms with E-state index < -0.39 is 58.1 Å². The van der Waals surface area contributed by atoms with Crippen LogP contribution in [-0.2, 0) is 4.79 Å². The van der Waals surface area contributed by atoms with E-state index >= 15 is 0 Å². The van der Waals surface area contributed by atoms with Gasteiger partial charge in [-0.1, -0.05) is 0 Å². The van der Waals surface area contributed by atoms with E-state index in [2.05, 4.69) is 5.32 Å². The number of hydrogen-bond donors (Lipinski definition) is 1. The minimum atomic E-state index is -2.36. The Morgan fingerprint density at radius 1 is 0.857 bits per heavy atom. The average molecular weight is 493 g/mol. The van der Waals surface area contributed by atoms with Crippen LogP contribution in [0.1, 0.15) is 6.92 Å². The standard InChI is InChI=1S/C24H13F6NO4/c1-10(34-23-21(29)19(27)18(26)20(28)22(23)30)24(33)31-13-6-7-16-14(8-13)15(32)9-17(35-16)11-2-4-12(25)5-3-11/h2-10H,1H3,(H,31,33). The molecule has 0 radical (unpaired) electrons. The second kappa shape index (κ2) is 9.16. The van der Waals surface area contributed by atoms with Crippen molar-refractivity contribution in [2.75, 3.05) is 5.32 Å². The molecule has 0 spiro atoms. The molecule has 3 aromatic carbocycles. The molecule has 1 heterocycles. The number of carbonyl (C=O) groups excluding carboxylic acids is 1. The lowest BCUT2D eigenvalue weighted by atomic mass is 10.1. The van der Waals surface area contributed by atoms with Gasteiger partial charge in [-0.2, -0.15) is 8.78 Å². The number of ether oxygens (including phenoxy) is 1. The summed E-state index contributed by atoms with van der Waals surface area (Å²) in [5, 5.41) is 2.39. The Kier molecular flexibility index (Phi) is 6.25. The Bertz CT molecular complexity index is 1490. The molecule has 0 fully saturated rings. The number of anilines is 1. The molecule has 0 saturated heterocycles. The number of nitrogens with one attached hydrogen (secondary N) is 1. The molecule has 0 aliphatic rings. The molecule has 1 aromatic heterocycles. The molecule has 5 nitrogen and oxygen atoms in total. The van der Waals surface area contributed by atoms with Gasteiger partial charge in [0, 0.05) is 17.3 Å². The Hall–Kier alpha value is -4.28. The van der Waals surface area contributed by atoms with E-state index in [1.165, 1.54) is 48.5 Å². The van der Waals surface area contributed by atoms with Crippen molar-refractivity contribution in [3.05, 3.63) is 93.7 Å². The lowest BCUT2D eigenvalue weighted by Gasteiger charge is -2.16. The molecule has 180 valence electrons. The van der Waals surface area contributed by atoms with Crippen molar-refractivity contribution in [3.63, 3.8) is 0 Å². The zero-order valence-corrected chi connectivity index (χ0v) is 17.6. The average Bonchev–Trinajstić information content (AvgIpc) is 2.84. The second-order valence-electron chi connectivity index (χ2n) is 7.34. The predicted octanol–water partition coefficient (Wildman–Crippen LogP) is 5.70. The summed E-state index contributed by atoms with van der Waals surface area (Å²) < 4.78 is 91.0. The highest BCUT2D eigenvalue weighted by Crippen LogP contribution is 2.30. The Labute approximate surface area is 192 Å². The number of fused-ring (bicyclic) bond motifs is 1. The summed E-state index contributed by atoms with van der Waals surface area (Å²) in [5.74, 6) is -14.1. The monoisotopic (exact) mass is 493 g/mol. The lowest BCUT2D eigenvalue weighted by Crippen LogP contribution is -2.31. The minimum Gasteiger partial charge on any atom is -0.474 e. The Morgan fingerprint density at radius 2 is 1.46 bits per heavy atom. The van der Waals surface area contributed by atoms with Gasteiger partial charge in [-0.05, 0) is 49.4 Å². The number of halogens is 6. The number of carbonyl (C=O) groups is 1. The molecule has 0 bridgehead atoms. The van der Waals surface area contributed by atoms with E-state index in [0.29, 0.717) is 5.56 Å². The van der Waals surface area contributed by atoms with E-state index in [0.717, 1.165) is 6.92 Å². The fourth-order valence-electron chi connectivity index (χ4n) is 3.15.